The Labute approximate surface area is 151 Å². The molecular weight excluding hydrogens is 376 g/mol. The minimum atomic E-state index is -4.74. The monoisotopic (exact) mass is 388 g/mol. The first kappa shape index (κ1) is 19.7. The van der Waals surface area contributed by atoms with Crippen molar-refractivity contribution in [1.82, 2.24) is 0 Å². The van der Waals surface area contributed by atoms with Gasteiger partial charge in [-0.2, -0.15) is 13.2 Å². The quantitative estimate of drug-likeness (QED) is 0.784. The molecule has 0 spiro atoms. The molecule has 0 saturated heterocycles. The summed E-state index contributed by atoms with van der Waals surface area (Å²) in [6.07, 6.45) is -4.74. The van der Waals surface area contributed by atoms with Crippen molar-refractivity contribution in [3.8, 4) is 0 Å². The highest BCUT2D eigenvalue weighted by Crippen LogP contribution is 2.36. The summed E-state index contributed by atoms with van der Waals surface area (Å²) in [4.78, 5) is 24.7. The van der Waals surface area contributed by atoms with E-state index in [-0.39, 0.29) is 10.7 Å². The number of para-hydroxylation sites is 1. The third-order valence-corrected chi connectivity index (χ3v) is 3.62. The minimum Gasteiger partial charge on any atom is -0.324 e. The molecule has 0 heterocycles. The van der Waals surface area contributed by atoms with Crippen LogP contribution in [0.25, 0.3) is 0 Å². The van der Waals surface area contributed by atoms with E-state index in [0.29, 0.717) is 6.07 Å². The van der Waals surface area contributed by atoms with Gasteiger partial charge in [-0.15, -0.1) is 0 Å². The number of amides is 2. The Balaban J connectivity index is 2.25. The van der Waals surface area contributed by atoms with E-state index in [0.717, 1.165) is 24.0 Å². The van der Waals surface area contributed by atoms with Gasteiger partial charge in [0.05, 0.1) is 16.9 Å². The minimum absolute atomic E-state index is 0.146. The van der Waals surface area contributed by atoms with Crippen molar-refractivity contribution in [2.75, 3.05) is 16.8 Å². The van der Waals surface area contributed by atoms with Crippen LogP contribution in [0, 0.1) is 5.82 Å². The highest BCUT2D eigenvalue weighted by atomic mass is 35.5. The van der Waals surface area contributed by atoms with Gasteiger partial charge in [0.25, 0.3) is 0 Å². The van der Waals surface area contributed by atoms with E-state index in [1.54, 1.807) is 0 Å². The summed E-state index contributed by atoms with van der Waals surface area (Å²) in [7, 11) is 0. The Bertz CT molecular complexity index is 840. The van der Waals surface area contributed by atoms with Gasteiger partial charge in [-0.25, -0.2) is 4.39 Å². The number of hydrogen-bond donors (Lipinski definition) is 1. The van der Waals surface area contributed by atoms with Gasteiger partial charge in [0.15, 0.2) is 0 Å². The van der Waals surface area contributed by atoms with Crippen LogP contribution in [0.4, 0.5) is 28.9 Å². The topological polar surface area (TPSA) is 49.4 Å². The molecule has 0 aromatic heterocycles. The summed E-state index contributed by atoms with van der Waals surface area (Å²) < 4.78 is 53.0. The Morgan fingerprint density at radius 1 is 1.15 bits per heavy atom. The predicted octanol–water partition coefficient (Wildman–Crippen LogP) is 4.49. The average Bonchev–Trinajstić information content (AvgIpc) is 2.54. The number of anilines is 2. The zero-order chi connectivity index (χ0) is 19.5. The second-order valence-electron chi connectivity index (χ2n) is 5.29. The van der Waals surface area contributed by atoms with E-state index >= 15 is 0 Å². The van der Waals surface area contributed by atoms with Crippen LogP contribution in [0.2, 0.25) is 5.02 Å². The van der Waals surface area contributed by atoms with Gasteiger partial charge in [0.2, 0.25) is 11.8 Å². The van der Waals surface area contributed by atoms with Crippen LogP contribution in [-0.4, -0.2) is 18.4 Å². The molecule has 2 aromatic rings. The zero-order valence-corrected chi connectivity index (χ0v) is 14.2. The van der Waals surface area contributed by atoms with E-state index in [2.05, 4.69) is 5.32 Å². The highest BCUT2D eigenvalue weighted by molar-refractivity contribution is 6.30. The molecule has 9 heteroatoms. The zero-order valence-electron chi connectivity index (χ0n) is 13.4. The number of hydrogen-bond acceptors (Lipinski definition) is 2. The number of rotatable bonds is 4. The number of nitrogens with zero attached hydrogens (tertiary/aromatic N) is 1. The number of halogens is 5. The first-order valence-corrected chi connectivity index (χ1v) is 7.66. The van der Waals surface area contributed by atoms with Crippen molar-refractivity contribution < 1.29 is 27.2 Å². The summed E-state index contributed by atoms with van der Waals surface area (Å²) >= 11 is 5.58. The predicted molar refractivity (Wildman–Crippen MR) is 89.5 cm³/mol. The molecule has 0 aliphatic heterocycles. The molecule has 0 bridgehead atoms. The first-order valence-electron chi connectivity index (χ1n) is 7.29. The van der Waals surface area contributed by atoms with E-state index in [4.69, 9.17) is 11.6 Å². The maximum absolute atomic E-state index is 13.9. The molecule has 2 amide bonds. The van der Waals surface area contributed by atoms with Crippen LogP contribution >= 0.6 is 11.6 Å². The first-order chi connectivity index (χ1) is 12.1. The van der Waals surface area contributed by atoms with E-state index in [9.17, 15) is 27.2 Å². The SMILES string of the molecule is CC(=O)N(CC(=O)Nc1ccc(Cl)cc1C(F)(F)F)c1ccccc1F. The fourth-order valence-electron chi connectivity index (χ4n) is 2.23. The van der Waals surface area contributed by atoms with E-state index in [1.807, 2.05) is 0 Å². The molecule has 26 heavy (non-hydrogen) atoms. The Morgan fingerprint density at radius 2 is 1.81 bits per heavy atom. The van der Waals surface area contributed by atoms with Gasteiger partial charge < -0.3 is 10.2 Å². The van der Waals surface area contributed by atoms with Gasteiger partial charge in [0.1, 0.15) is 12.4 Å². The molecule has 0 aliphatic rings. The summed E-state index contributed by atoms with van der Waals surface area (Å²) in [6.45, 7) is 0.458. The lowest BCUT2D eigenvalue weighted by atomic mass is 10.1. The summed E-state index contributed by atoms with van der Waals surface area (Å²) in [6, 6.07) is 8.12. The number of carbonyl (C=O) groups excluding carboxylic acids is 2. The van der Waals surface area contributed by atoms with Crippen molar-refractivity contribution >= 4 is 34.8 Å². The molecule has 4 nitrogen and oxygen atoms in total. The lowest BCUT2D eigenvalue weighted by molar-refractivity contribution is -0.137. The Kier molecular flexibility index (Phi) is 5.86. The molecule has 2 rings (SSSR count). The van der Waals surface area contributed by atoms with Gasteiger partial charge in [-0.1, -0.05) is 23.7 Å². The smallest absolute Gasteiger partial charge is 0.324 e. The number of benzene rings is 2. The van der Waals surface area contributed by atoms with Crippen molar-refractivity contribution in [2.24, 2.45) is 0 Å². The van der Waals surface area contributed by atoms with Crippen molar-refractivity contribution in [2.45, 2.75) is 13.1 Å². The van der Waals surface area contributed by atoms with Gasteiger partial charge in [0, 0.05) is 11.9 Å². The van der Waals surface area contributed by atoms with E-state index < -0.39 is 41.6 Å². The molecule has 138 valence electrons. The van der Waals surface area contributed by atoms with Crippen LogP contribution in [0.5, 0.6) is 0 Å². The van der Waals surface area contributed by atoms with Gasteiger partial charge in [-0.3, -0.25) is 9.59 Å². The fraction of sp³-hybridized carbons (Fsp3) is 0.176. The maximum Gasteiger partial charge on any atom is 0.418 e. The third-order valence-electron chi connectivity index (χ3n) is 3.39. The molecule has 1 N–H and O–H groups in total. The molecule has 0 saturated carbocycles. The van der Waals surface area contributed by atoms with Crippen LogP contribution in [-0.2, 0) is 15.8 Å². The fourth-order valence-corrected chi connectivity index (χ4v) is 2.40. The molecular formula is C17H13ClF4N2O2. The normalized spacial score (nSPS) is 11.2. The van der Waals surface area contributed by atoms with E-state index in [1.165, 1.54) is 24.3 Å². The Hall–Kier alpha value is -2.61. The lowest BCUT2D eigenvalue weighted by Gasteiger charge is -2.22. The summed E-state index contributed by atoms with van der Waals surface area (Å²) in [5.74, 6) is -2.30. The number of alkyl halides is 3. The number of nitrogens with one attached hydrogen (secondary N) is 1. The van der Waals surface area contributed by atoms with Gasteiger partial charge >= 0.3 is 6.18 Å². The van der Waals surface area contributed by atoms with Crippen molar-refractivity contribution in [1.29, 1.82) is 0 Å². The molecule has 0 radical (unpaired) electrons. The number of carbonyl (C=O) groups is 2. The van der Waals surface area contributed by atoms with Crippen LogP contribution < -0.4 is 10.2 Å². The average molecular weight is 389 g/mol. The second-order valence-corrected chi connectivity index (χ2v) is 5.73. The molecule has 0 atom stereocenters. The lowest BCUT2D eigenvalue weighted by Crippen LogP contribution is -2.37. The van der Waals surface area contributed by atoms with Crippen LogP contribution in [0.15, 0.2) is 42.5 Å². The summed E-state index contributed by atoms with van der Waals surface area (Å²) in [5, 5.41) is 1.94. The molecule has 0 unspecified atom stereocenters. The largest absolute Gasteiger partial charge is 0.418 e. The van der Waals surface area contributed by atoms with Crippen LogP contribution in [0.1, 0.15) is 12.5 Å². The Morgan fingerprint density at radius 3 is 2.38 bits per heavy atom. The van der Waals surface area contributed by atoms with Crippen molar-refractivity contribution in [3.05, 3.63) is 58.9 Å². The third kappa shape index (κ3) is 4.72. The standard InChI is InChI=1S/C17H13ClF4N2O2/c1-10(25)24(15-5-3-2-4-13(15)19)9-16(26)23-14-7-6-11(18)8-12(14)17(20,21)22/h2-8H,9H2,1H3,(H,23,26). The summed E-state index contributed by atoms with van der Waals surface area (Å²) in [5.41, 5.74) is -1.79. The molecule has 0 fully saturated rings. The van der Waals surface area contributed by atoms with Crippen molar-refractivity contribution in [3.63, 3.8) is 0 Å². The molecule has 2 aromatic carbocycles. The maximum atomic E-state index is 13.9. The second kappa shape index (κ2) is 7.74. The van der Waals surface area contributed by atoms with Gasteiger partial charge in [-0.05, 0) is 30.3 Å². The highest BCUT2D eigenvalue weighted by Gasteiger charge is 2.34. The van der Waals surface area contributed by atoms with Crippen LogP contribution in [0.3, 0.4) is 0 Å². The molecule has 0 aliphatic carbocycles.